The van der Waals surface area contributed by atoms with Gasteiger partial charge in [-0.05, 0) is 18.9 Å². The van der Waals surface area contributed by atoms with Crippen LogP contribution in [0.5, 0.6) is 0 Å². The minimum atomic E-state index is -0.639. The lowest BCUT2D eigenvalue weighted by Crippen LogP contribution is -2.35. The molecule has 2 rings (SSSR count). The Morgan fingerprint density at radius 2 is 1.74 bits per heavy atom. The van der Waals surface area contributed by atoms with E-state index >= 15 is 0 Å². The second-order valence-electron chi connectivity index (χ2n) is 5.63. The standard InChI is InChI=1S/C19H21N3O5/c1-3-27-18(24)14(9-13-7-5-4-6-8-13)10-22-17(23)15-11-21-16(12-20-15)19(25)26-2/h4-8,11-12,14H,3,9-10H2,1-2H3,(H,22,23)/t14-/m1/s1. The van der Waals surface area contributed by atoms with Gasteiger partial charge in [0.15, 0.2) is 5.69 Å². The van der Waals surface area contributed by atoms with Crippen LogP contribution in [0, 0.1) is 5.92 Å². The van der Waals surface area contributed by atoms with E-state index in [2.05, 4.69) is 20.0 Å². The smallest absolute Gasteiger partial charge is 0.358 e. The van der Waals surface area contributed by atoms with Crippen LogP contribution in [-0.2, 0) is 20.7 Å². The third kappa shape index (κ3) is 5.88. The van der Waals surface area contributed by atoms with Crippen LogP contribution in [0.15, 0.2) is 42.7 Å². The Kier molecular flexibility index (Phi) is 7.42. The molecular formula is C19H21N3O5. The first-order chi connectivity index (χ1) is 13.0. The highest BCUT2D eigenvalue weighted by Gasteiger charge is 2.22. The van der Waals surface area contributed by atoms with Gasteiger partial charge in [0.25, 0.3) is 5.91 Å². The molecule has 0 saturated heterocycles. The van der Waals surface area contributed by atoms with E-state index in [1.807, 2.05) is 30.3 Å². The van der Waals surface area contributed by atoms with Gasteiger partial charge in [-0.1, -0.05) is 30.3 Å². The summed E-state index contributed by atoms with van der Waals surface area (Å²) in [6.45, 7) is 2.08. The molecule has 0 spiro atoms. The van der Waals surface area contributed by atoms with Gasteiger partial charge in [0, 0.05) is 6.54 Å². The summed E-state index contributed by atoms with van der Waals surface area (Å²) in [6.07, 6.45) is 2.78. The summed E-state index contributed by atoms with van der Waals surface area (Å²) >= 11 is 0. The number of amides is 1. The molecule has 1 heterocycles. The Morgan fingerprint density at radius 1 is 1.07 bits per heavy atom. The molecule has 1 aromatic carbocycles. The number of nitrogens with zero attached hydrogens (tertiary/aromatic N) is 2. The number of hydrogen-bond acceptors (Lipinski definition) is 7. The molecule has 0 fully saturated rings. The third-order valence-electron chi connectivity index (χ3n) is 3.73. The van der Waals surface area contributed by atoms with Gasteiger partial charge in [-0.3, -0.25) is 9.59 Å². The molecule has 1 aromatic heterocycles. The van der Waals surface area contributed by atoms with E-state index in [0.717, 1.165) is 11.8 Å². The molecule has 27 heavy (non-hydrogen) atoms. The van der Waals surface area contributed by atoms with Gasteiger partial charge in [0.1, 0.15) is 5.69 Å². The van der Waals surface area contributed by atoms with Crippen molar-refractivity contribution in [3.63, 3.8) is 0 Å². The van der Waals surface area contributed by atoms with E-state index in [0.29, 0.717) is 6.42 Å². The Labute approximate surface area is 156 Å². The van der Waals surface area contributed by atoms with Crippen LogP contribution in [-0.4, -0.2) is 48.1 Å². The van der Waals surface area contributed by atoms with Gasteiger partial charge >= 0.3 is 11.9 Å². The van der Waals surface area contributed by atoms with Crippen LogP contribution < -0.4 is 5.32 Å². The van der Waals surface area contributed by atoms with Gasteiger partial charge in [-0.25, -0.2) is 14.8 Å². The fraction of sp³-hybridized carbons (Fsp3) is 0.316. The predicted molar refractivity (Wildman–Crippen MR) is 96.0 cm³/mol. The lowest BCUT2D eigenvalue weighted by molar-refractivity contribution is -0.147. The monoisotopic (exact) mass is 371 g/mol. The Morgan fingerprint density at radius 3 is 2.33 bits per heavy atom. The van der Waals surface area contributed by atoms with Crippen molar-refractivity contribution >= 4 is 17.8 Å². The molecular weight excluding hydrogens is 350 g/mol. The van der Waals surface area contributed by atoms with Crippen LogP contribution in [0.4, 0.5) is 0 Å². The number of carbonyl (C=O) groups is 3. The van der Waals surface area contributed by atoms with Crippen LogP contribution in [0.3, 0.4) is 0 Å². The maximum atomic E-state index is 12.3. The minimum absolute atomic E-state index is 0.00234. The van der Waals surface area contributed by atoms with Crippen molar-refractivity contribution in [2.75, 3.05) is 20.3 Å². The van der Waals surface area contributed by atoms with Crippen molar-refractivity contribution in [2.45, 2.75) is 13.3 Å². The topological polar surface area (TPSA) is 107 Å². The normalized spacial score (nSPS) is 11.3. The lowest BCUT2D eigenvalue weighted by Gasteiger charge is -2.16. The highest BCUT2D eigenvalue weighted by molar-refractivity contribution is 5.93. The first-order valence-corrected chi connectivity index (χ1v) is 8.44. The Bertz CT molecular complexity index is 778. The molecule has 0 radical (unpaired) electrons. The second kappa shape index (κ2) is 10.0. The molecule has 0 aliphatic rings. The molecule has 142 valence electrons. The van der Waals surface area contributed by atoms with E-state index < -0.39 is 17.8 Å². The number of rotatable bonds is 8. The zero-order chi connectivity index (χ0) is 19.6. The second-order valence-corrected chi connectivity index (χ2v) is 5.63. The molecule has 0 saturated carbocycles. The molecule has 0 aliphatic carbocycles. The van der Waals surface area contributed by atoms with E-state index in [-0.39, 0.29) is 30.5 Å². The van der Waals surface area contributed by atoms with Gasteiger partial charge in [0.05, 0.1) is 32.0 Å². The average Bonchev–Trinajstić information content (AvgIpc) is 2.71. The quantitative estimate of drug-likeness (QED) is 0.699. The Hall–Kier alpha value is -3.29. The number of aromatic nitrogens is 2. The number of ether oxygens (including phenoxy) is 2. The van der Waals surface area contributed by atoms with Crippen molar-refractivity contribution < 1.29 is 23.9 Å². The van der Waals surface area contributed by atoms with Crippen LogP contribution in [0.25, 0.3) is 0 Å². The SMILES string of the molecule is CCOC(=O)[C@@H](CNC(=O)c1cnc(C(=O)OC)cn1)Cc1ccccc1. The fourth-order valence-electron chi connectivity index (χ4n) is 2.36. The van der Waals surface area contributed by atoms with Crippen molar-refractivity contribution in [2.24, 2.45) is 5.92 Å². The zero-order valence-corrected chi connectivity index (χ0v) is 15.2. The molecule has 1 amide bonds. The summed E-state index contributed by atoms with van der Waals surface area (Å²) in [6, 6.07) is 9.47. The van der Waals surface area contributed by atoms with Crippen LogP contribution in [0.1, 0.15) is 33.5 Å². The average molecular weight is 371 g/mol. The molecule has 1 N–H and O–H groups in total. The van der Waals surface area contributed by atoms with E-state index in [9.17, 15) is 14.4 Å². The van der Waals surface area contributed by atoms with Gasteiger partial charge in [0.2, 0.25) is 0 Å². The maximum absolute atomic E-state index is 12.3. The third-order valence-corrected chi connectivity index (χ3v) is 3.73. The number of benzene rings is 1. The van der Waals surface area contributed by atoms with Gasteiger partial charge < -0.3 is 14.8 Å². The summed E-state index contributed by atoms with van der Waals surface area (Å²) in [4.78, 5) is 43.5. The molecule has 2 aromatic rings. The molecule has 0 unspecified atom stereocenters. The largest absolute Gasteiger partial charge is 0.466 e. The van der Waals surface area contributed by atoms with Crippen LogP contribution >= 0.6 is 0 Å². The first-order valence-electron chi connectivity index (χ1n) is 8.44. The lowest BCUT2D eigenvalue weighted by atomic mass is 9.99. The van der Waals surface area contributed by atoms with Crippen molar-refractivity contribution in [3.05, 3.63) is 59.7 Å². The molecule has 8 heteroatoms. The van der Waals surface area contributed by atoms with E-state index in [4.69, 9.17) is 4.74 Å². The van der Waals surface area contributed by atoms with Crippen LogP contribution in [0.2, 0.25) is 0 Å². The summed E-state index contributed by atoms with van der Waals surface area (Å²) < 4.78 is 9.63. The van der Waals surface area contributed by atoms with Gasteiger partial charge in [-0.2, -0.15) is 0 Å². The number of carbonyl (C=O) groups excluding carboxylic acids is 3. The summed E-state index contributed by atoms with van der Waals surface area (Å²) in [5.74, 6) is -2.05. The van der Waals surface area contributed by atoms with Crippen molar-refractivity contribution in [1.82, 2.24) is 15.3 Å². The molecule has 8 nitrogen and oxygen atoms in total. The fourth-order valence-corrected chi connectivity index (χ4v) is 2.36. The zero-order valence-electron chi connectivity index (χ0n) is 15.2. The Balaban J connectivity index is 2.01. The number of methoxy groups -OCH3 is 1. The maximum Gasteiger partial charge on any atom is 0.358 e. The highest BCUT2D eigenvalue weighted by atomic mass is 16.5. The summed E-state index contributed by atoms with van der Waals surface area (Å²) in [5, 5.41) is 2.66. The van der Waals surface area contributed by atoms with E-state index in [1.165, 1.54) is 13.3 Å². The molecule has 0 bridgehead atoms. The minimum Gasteiger partial charge on any atom is -0.466 e. The number of hydrogen-bond donors (Lipinski definition) is 1. The van der Waals surface area contributed by atoms with Crippen molar-refractivity contribution in [1.29, 1.82) is 0 Å². The van der Waals surface area contributed by atoms with Gasteiger partial charge in [-0.15, -0.1) is 0 Å². The number of esters is 2. The van der Waals surface area contributed by atoms with E-state index in [1.54, 1.807) is 6.92 Å². The number of nitrogens with one attached hydrogen (secondary N) is 1. The first kappa shape index (κ1) is 20.0. The van der Waals surface area contributed by atoms with Crippen molar-refractivity contribution in [3.8, 4) is 0 Å². The predicted octanol–water partition coefficient (Wildman–Crippen LogP) is 1.41. The molecule has 0 aliphatic heterocycles. The summed E-state index contributed by atoms with van der Waals surface area (Å²) in [7, 11) is 1.23. The summed E-state index contributed by atoms with van der Waals surface area (Å²) in [5.41, 5.74) is 1.000. The molecule has 1 atom stereocenters. The highest BCUT2D eigenvalue weighted by Crippen LogP contribution is 2.10.